The molecule has 0 aliphatic rings. The molecule has 0 fully saturated rings. The van der Waals surface area contributed by atoms with Crippen molar-refractivity contribution in [2.45, 2.75) is 6.54 Å². The molecule has 3 rings (SSSR count). The Morgan fingerprint density at radius 3 is 2.61 bits per heavy atom. The first kappa shape index (κ1) is 19.8. The summed E-state index contributed by atoms with van der Waals surface area (Å²) in [6.07, 6.45) is 0. The summed E-state index contributed by atoms with van der Waals surface area (Å²) >= 11 is 9.23. The average Bonchev–Trinajstić information content (AvgIpc) is 2.96. The van der Waals surface area contributed by atoms with E-state index in [1.165, 1.54) is 36.9 Å². The summed E-state index contributed by atoms with van der Waals surface area (Å²) in [5.41, 5.74) is -0.982. The zero-order valence-electron chi connectivity index (χ0n) is 14.5. The van der Waals surface area contributed by atoms with E-state index in [1.807, 2.05) is 0 Å². The summed E-state index contributed by atoms with van der Waals surface area (Å²) in [5.74, 6) is -0.549. The number of nitrogens with one attached hydrogen (secondary N) is 1. The number of hydrogen-bond donors (Lipinski definition) is 1. The molecule has 2 heterocycles. The highest BCUT2D eigenvalue weighted by Crippen LogP contribution is 2.27. The van der Waals surface area contributed by atoms with Gasteiger partial charge in [-0.15, -0.1) is 0 Å². The highest BCUT2D eigenvalue weighted by atomic mass is 79.9. The van der Waals surface area contributed by atoms with Gasteiger partial charge in [-0.2, -0.15) is 4.98 Å². The fraction of sp³-hybridized carbons (Fsp3) is 0.200. The summed E-state index contributed by atoms with van der Waals surface area (Å²) < 4.78 is 3.55. The molecule has 146 valence electrons. The first-order valence-electron chi connectivity index (χ1n) is 7.67. The number of nitrogens with zero attached hydrogens (tertiary/aromatic N) is 5. The van der Waals surface area contributed by atoms with Gasteiger partial charge in [0.1, 0.15) is 6.54 Å². The van der Waals surface area contributed by atoms with Crippen LogP contribution in [0.3, 0.4) is 0 Å². The van der Waals surface area contributed by atoms with Crippen molar-refractivity contribution in [2.75, 3.05) is 5.32 Å². The number of fused-ring (bicyclic) bond motifs is 1. The minimum absolute atomic E-state index is 0.00696. The second-order valence-corrected chi connectivity index (χ2v) is 7.01. The van der Waals surface area contributed by atoms with Gasteiger partial charge >= 0.3 is 5.69 Å². The number of nitro groups is 1. The number of carbonyl (C=O) groups excluding carboxylic acids is 1. The summed E-state index contributed by atoms with van der Waals surface area (Å²) in [5, 5.41) is 13.2. The molecule has 13 heteroatoms. The van der Waals surface area contributed by atoms with Gasteiger partial charge in [-0.25, -0.2) is 4.79 Å². The van der Waals surface area contributed by atoms with Crippen LogP contribution >= 0.6 is 27.5 Å². The number of aryl methyl sites for hydroxylation is 1. The van der Waals surface area contributed by atoms with Crippen LogP contribution in [0.5, 0.6) is 0 Å². The van der Waals surface area contributed by atoms with E-state index in [4.69, 9.17) is 11.6 Å². The van der Waals surface area contributed by atoms with Crippen LogP contribution < -0.4 is 16.6 Å². The van der Waals surface area contributed by atoms with Gasteiger partial charge in [0, 0.05) is 30.7 Å². The summed E-state index contributed by atoms with van der Waals surface area (Å²) in [6, 6.07) is 3.86. The van der Waals surface area contributed by atoms with E-state index < -0.39 is 22.1 Å². The van der Waals surface area contributed by atoms with E-state index >= 15 is 0 Å². The third-order valence-electron chi connectivity index (χ3n) is 4.04. The number of imidazole rings is 1. The SMILES string of the molecule is Cn1c(=O)c2c(nc(Cl)n2CC(=O)Nc2ccc([N+](=O)[O-])cc2Br)n(C)c1=O. The summed E-state index contributed by atoms with van der Waals surface area (Å²) in [6.45, 7) is -0.355. The summed E-state index contributed by atoms with van der Waals surface area (Å²) in [7, 11) is 2.75. The summed E-state index contributed by atoms with van der Waals surface area (Å²) in [4.78, 5) is 51.1. The Labute approximate surface area is 169 Å². The molecule has 1 aromatic carbocycles. The first-order chi connectivity index (χ1) is 13.1. The Kier molecular flexibility index (Phi) is 5.08. The molecule has 0 aliphatic carbocycles. The Balaban J connectivity index is 1.96. The number of benzene rings is 1. The van der Waals surface area contributed by atoms with E-state index in [9.17, 15) is 24.5 Å². The van der Waals surface area contributed by atoms with Crippen molar-refractivity contribution in [3.8, 4) is 0 Å². The molecular weight excluding hydrogens is 460 g/mol. The van der Waals surface area contributed by atoms with Crippen LogP contribution in [0.25, 0.3) is 11.2 Å². The van der Waals surface area contributed by atoms with Gasteiger partial charge in [0.15, 0.2) is 11.2 Å². The third kappa shape index (κ3) is 3.31. The van der Waals surface area contributed by atoms with Crippen molar-refractivity contribution in [3.63, 3.8) is 0 Å². The molecular formula is C15H12BrClN6O5. The predicted molar refractivity (Wildman–Crippen MR) is 105 cm³/mol. The molecule has 3 aromatic rings. The molecule has 0 spiro atoms. The van der Waals surface area contributed by atoms with Crippen LogP contribution in [0.1, 0.15) is 0 Å². The Hall–Kier alpha value is -2.99. The predicted octanol–water partition coefficient (Wildman–Crippen LogP) is 1.40. The highest BCUT2D eigenvalue weighted by molar-refractivity contribution is 9.10. The van der Waals surface area contributed by atoms with Crippen LogP contribution in [0.2, 0.25) is 5.28 Å². The van der Waals surface area contributed by atoms with Crippen molar-refractivity contribution >= 4 is 56.0 Å². The molecule has 0 radical (unpaired) electrons. The van der Waals surface area contributed by atoms with Gasteiger partial charge in [0.25, 0.3) is 11.2 Å². The van der Waals surface area contributed by atoms with Crippen LogP contribution in [0.4, 0.5) is 11.4 Å². The zero-order valence-corrected chi connectivity index (χ0v) is 16.8. The Morgan fingerprint density at radius 1 is 1.32 bits per heavy atom. The highest BCUT2D eigenvalue weighted by Gasteiger charge is 2.20. The minimum atomic E-state index is -0.637. The molecule has 0 saturated carbocycles. The lowest BCUT2D eigenvalue weighted by molar-refractivity contribution is -0.384. The van der Waals surface area contributed by atoms with Crippen LogP contribution in [0, 0.1) is 10.1 Å². The fourth-order valence-corrected chi connectivity index (χ4v) is 3.31. The topological polar surface area (TPSA) is 134 Å². The van der Waals surface area contributed by atoms with E-state index in [0.717, 1.165) is 9.13 Å². The van der Waals surface area contributed by atoms with Gasteiger partial charge in [0.2, 0.25) is 11.2 Å². The van der Waals surface area contributed by atoms with E-state index in [-0.39, 0.29) is 28.7 Å². The van der Waals surface area contributed by atoms with Gasteiger partial charge < -0.3 is 5.32 Å². The second kappa shape index (κ2) is 7.20. The largest absolute Gasteiger partial charge is 0.332 e. The number of rotatable bonds is 4. The number of amides is 1. The van der Waals surface area contributed by atoms with Crippen LogP contribution in [-0.4, -0.2) is 29.5 Å². The maximum absolute atomic E-state index is 12.5. The van der Waals surface area contributed by atoms with Gasteiger partial charge in [0.05, 0.1) is 10.6 Å². The smallest absolute Gasteiger partial charge is 0.323 e. The molecule has 28 heavy (non-hydrogen) atoms. The first-order valence-corrected chi connectivity index (χ1v) is 8.84. The molecule has 0 unspecified atom stereocenters. The van der Waals surface area contributed by atoms with Crippen molar-refractivity contribution in [2.24, 2.45) is 14.1 Å². The lowest BCUT2D eigenvalue weighted by Gasteiger charge is -2.09. The fourth-order valence-electron chi connectivity index (χ4n) is 2.62. The number of hydrogen-bond acceptors (Lipinski definition) is 6. The molecule has 0 atom stereocenters. The number of anilines is 1. The van der Waals surface area contributed by atoms with Crippen molar-refractivity contribution < 1.29 is 9.72 Å². The van der Waals surface area contributed by atoms with Crippen molar-refractivity contribution in [1.29, 1.82) is 0 Å². The molecule has 1 amide bonds. The standard InChI is InChI=1S/C15H12BrClN6O5/c1-20-12-11(13(25)21(2)15(20)26)22(14(17)19-12)6-10(24)18-9-4-3-7(23(27)28)5-8(9)16/h3-5H,6H2,1-2H3,(H,18,24). The lowest BCUT2D eigenvalue weighted by atomic mass is 10.3. The third-order valence-corrected chi connectivity index (χ3v) is 4.99. The number of nitro benzene ring substituents is 1. The molecule has 0 saturated heterocycles. The molecule has 0 aliphatic heterocycles. The van der Waals surface area contributed by atoms with E-state index in [2.05, 4.69) is 26.2 Å². The number of non-ortho nitro benzene ring substituents is 1. The van der Waals surface area contributed by atoms with Crippen LogP contribution in [-0.2, 0) is 25.4 Å². The monoisotopic (exact) mass is 470 g/mol. The van der Waals surface area contributed by atoms with Crippen LogP contribution in [0.15, 0.2) is 32.3 Å². The Morgan fingerprint density at radius 2 is 2.00 bits per heavy atom. The number of aromatic nitrogens is 4. The van der Waals surface area contributed by atoms with Gasteiger partial charge in [-0.05, 0) is 33.6 Å². The number of carbonyl (C=O) groups is 1. The van der Waals surface area contributed by atoms with E-state index in [1.54, 1.807) is 0 Å². The Bertz CT molecular complexity index is 1260. The quantitative estimate of drug-likeness (QED) is 0.347. The second-order valence-electron chi connectivity index (χ2n) is 5.81. The van der Waals surface area contributed by atoms with E-state index in [0.29, 0.717) is 10.2 Å². The molecule has 0 bridgehead atoms. The number of halogens is 2. The lowest BCUT2D eigenvalue weighted by Crippen LogP contribution is -2.37. The molecule has 2 aromatic heterocycles. The minimum Gasteiger partial charge on any atom is -0.323 e. The normalized spacial score (nSPS) is 11.0. The zero-order chi connectivity index (χ0) is 20.7. The van der Waals surface area contributed by atoms with Gasteiger partial charge in [-0.1, -0.05) is 0 Å². The average molecular weight is 472 g/mol. The maximum Gasteiger partial charge on any atom is 0.332 e. The maximum atomic E-state index is 12.5. The molecule has 1 N–H and O–H groups in total. The van der Waals surface area contributed by atoms with Gasteiger partial charge in [-0.3, -0.25) is 33.4 Å². The molecule has 11 nitrogen and oxygen atoms in total. The van der Waals surface area contributed by atoms with Crippen molar-refractivity contribution in [3.05, 3.63) is 58.9 Å². The van der Waals surface area contributed by atoms with Crippen molar-refractivity contribution in [1.82, 2.24) is 18.7 Å².